The van der Waals surface area contributed by atoms with E-state index in [1.807, 2.05) is 24.3 Å². The summed E-state index contributed by atoms with van der Waals surface area (Å²) in [6.45, 7) is 0. The molecule has 1 aliphatic heterocycles. The van der Waals surface area contributed by atoms with Crippen LogP contribution in [0.1, 0.15) is 5.56 Å². The molecule has 0 saturated carbocycles. The molecular formula is C24H19FN2O3S. The molecule has 0 N–H and O–H groups in total. The molecule has 1 fully saturated rings. The third-order valence-corrected chi connectivity index (χ3v) is 5.55. The van der Waals surface area contributed by atoms with Gasteiger partial charge in [0.25, 0.3) is 5.91 Å². The molecule has 5 nitrogen and oxygen atoms in total. The van der Waals surface area contributed by atoms with E-state index in [2.05, 4.69) is 4.99 Å². The Morgan fingerprint density at radius 3 is 2.19 bits per heavy atom. The van der Waals surface area contributed by atoms with Gasteiger partial charge in [-0.1, -0.05) is 12.1 Å². The van der Waals surface area contributed by atoms with Gasteiger partial charge < -0.3 is 9.47 Å². The molecule has 31 heavy (non-hydrogen) atoms. The van der Waals surface area contributed by atoms with Crippen molar-refractivity contribution in [3.63, 3.8) is 0 Å². The number of ether oxygens (including phenoxy) is 2. The maximum atomic E-state index is 13.6. The fraction of sp³-hybridized carbons (Fsp3) is 0.0833. The Labute approximate surface area is 183 Å². The molecule has 1 heterocycles. The molecule has 7 heteroatoms. The van der Waals surface area contributed by atoms with Crippen LogP contribution in [0, 0.1) is 5.82 Å². The fourth-order valence-corrected chi connectivity index (χ4v) is 4.02. The van der Waals surface area contributed by atoms with Crippen molar-refractivity contribution < 1.29 is 18.7 Å². The van der Waals surface area contributed by atoms with Crippen molar-refractivity contribution >= 4 is 40.3 Å². The van der Waals surface area contributed by atoms with Crippen molar-refractivity contribution in [3.8, 4) is 11.5 Å². The second kappa shape index (κ2) is 9.06. The molecule has 0 atom stereocenters. The maximum absolute atomic E-state index is 13.6. The molecule has 3 aromatic rings. The molecule has 1 aliphatic rings. The summed E-state index contributed by atoms with van der Waals surface area (Å²) in [5.74, 6) is 0.820. The number of amides is 1. The first kappa shape index (κ1) is 20.7. The minimum absolute atomic E-state index is 0.230. The van der Waals surface area contributed by atoms with Gasteiger partial charge in [0.2, 0.25) is 0 Å². The lowest BCUT2D eigenvalue weighted by Gasteiger charge is -2.16. The second-order valence-corrected chi connectivity index (χ2v) is 7.61. The summed E-state index contributed by atoms with van der Waals surface area (Å²) in [6, 6.07) is 20.5. The van der Waals surface area contributed by atoms with E-state index >= 15 is 0 Å². The Bertz CT molecular complexity index is 1160. The van der Waals surface area contributed by atoms with Crippen LogP contribution in [-0.4, -0.2) is 25.3 Å². The van der Waals surface area contributed by atoms with Crippen LogP contribution < -0.4 is 14.4 Å². The van der Waals surface area contributed by atoms with Gasteiger partial charge in [0.1, 0.15) is 17.3 Å². The summed E-state index contributed by atoms with van der Waals surface area (Å²) in [7, 11) is 3.18. The molecule has 0 radical (unpaired) electrons. The zero-order valence-electron chi connectivity index (χ0n) is 16.9. The van der Waals surface area contributed by atoms with Crippen LogP contribution in [0.3, 0.4) is 0 Å². The Balaban J connectivity index is 1.75. The van der Waals surface area contributed by atoms with E-state index in [1.54, 1.807) is 61.6 Å². The first-order chi connectivity index (χ1) is 15.1. The number of aliphatic imine (C=N–C) groups is 1. The Morgan fingerprint density at radius 2 is 1.58 bits per heavy atom. The van der Waals surface area contributed by atoms with Crippen LogP contribution in [0.25, 0.3) is 6.08 Å². The van der Waals surface area contributed by atoms with Gasteiger partial charge in [-0.2, -0.15) is 0 Å². The van der Waals surface area contributed by atoms with Crippen molar-refractivity contribution in [3.05, 3.63) is 89.1 Å². The topological polar surface area (TPSA) is 51.1 Å². The third kappa shape index (κ3) is 4.62. The number of amidine groups is 1. The normalized spacial score (nSPS) is 16.2. The number of thioether (sulfide) groups is 1. The van der Waals surface area contributed by atoms with Crippen molar-refractivity contribution in [1.82, 2.24) is 0 Å². The number of nitrogens with zero attached hydrogens (tertiary/aromatic N) is 2. The Morgan fingerprint density at radius 1 is 0.935 bits per heavy atom. The smallest absolute Gasteiger partial charge is 0.271 e. The van der Waals surface area contributed by atoms with Gasteiger partial charge in [-0.15, -0.1) is 0 Å². The van der Waals surface area contributed by atoms with Crippen molar-refractivity contribution in [1.29, 1.82) is 0 Å². The number of anilines is 1. The number of benzene rings is 3. The standard InChI is InChI=1S/C24H19FN2O3S/c1-29-20-10-6-18(7-11-20)26-24-27(19-8-12-21(30-2)13-9-19)23(28)22(31-24)15-16-4-3-5-17(25)14-16/h3-15H,1-2H3/b22-15-,26-24?. The predicted octanol–water partition coefficient (Wildman–Crippen LogP) is 5.65. The van der Waals surface area contributed by atoms with Crippen molar-refractivity contribution in [2.75, 3.05) is 19.1 Å². The summed E-state index contributed by atoms with van der Waals surface area (Å²) in [4.78, 5) is 19.9. The van der Waals surface area contributed by atoms with Crippen LogP contribution >= 0.6 is 11.8 Å². The molecular weight excluding hydrogens is 415 g/mol. The van der Waals surface area contributed by atoms with E-state index in [-0.39, 0.29) is 11.7 Å². The summed E-state index contributed by atoms with van der Waals surface area (Å²) in [6.07, 6.45) is 1.67. The minimum Gasteiger partial charge on any atom is -0.497 e. The molecule has 0 aromatic heterocycles. The first-order valence-electron chi connectivity index (χ1n) is 9.44. The van der Waals surface area contributed by atoms with Crippen LogP contribution in [0.2, 0.25) is 0 Å². The van der Waals surface area contributed by atoms with Gasteiger partial charge in [0, 0.05) is 0 Å². The number of rotatable bonds is 5. The predicted molar refractivity (Wildman–Crippen MR) is 123 cm³/mol. The highest BCUT2D eigenvalue weighted by molar-refractivity contribution is 8.19. The average molecular weight is 434 g/mol. The van der Waals surface area contributed by atoms with E-state index < -0.39 is 0 Å². The SMILES string of the molecule is COc1ccc(N=C2S/C(=C\c3cccc(F)c3)C(=O)N2c2ccc(OC)cc2)cc1. The van der Waals surface area contributed by atoms with Gasteiger partial charge in [-0.05, 0) is 84.1 Å². The van der Waals surface area contributed by atoms with Gasteiger partial charge in [0.15, 0.2) is 5.17 Å². The highest BCUT2D eigenvalue weighted by Gasteiger charge is 2.34. The molecule has 4 rings (SSSR count). The van der Waals surface area contributed by atoms with Crippen LogP contribution in [0.5, 0.6) is 11.5 Å². The monoisotopic (exact) mass is 434 g/mol. The largest absolute Gasteiger partial charge is 0.497 e. The number of carbonyl (C=O) groups excluding carboxylic acids is 1. The summed E-state index contributed by atoms with van der Waals surface area (Å²) < 4.78 is 24.0. The fourth-order valence-electron chi connectivity index (χ4n) is 3.02. The molecule has 0 aliphatic carbocycles. The highest BCUT2D eigenvalue weighted by atomic mass is 32.2. The van der Waals surface area contributed by atoms with E-state index in [9.17, 15) is 9.18 Å². The molecule has 0 unspecified atom stereocenters. The minimum atomic E-state index is -0.357. The molecule has 0 spiro atoms. The second-order valence-electron chi connectivity index (χ2n) is 6.60. The summed E-state index contributed by atoms with van der Waals surface area (Å²) in [5, 5.41) is 0.503. The van der Waals surface area contributed by atoms with Crippen molar-refractivity contribution in [2.24, 2.45) is 4.99 Å². The van der Waals surface area contributed by atoms with Crippen LogP contribution in [0.15, 0.2) is 82.7 Å². The molecule has 1 saturated heterocycles. The molecule has 1 amide bonds. The van der Waals surface area contributed by atoms with E-state index in [1.165, 1.54) is 23.9 Å². The van der Waals surface area contributed by atoms with E-state index in [4.69, 9.17) is 9.47 Å². The number of hydrogen-bond donors (Lipinski definition) is 0. The zero-order valence-corrected chi connectivity index (χ0v) is 17.7. The third-order valence-electron chi connectivity index (χ3n) is 4.58. The highest BCUT2D eigenvalue weighted by Crippen LogP contribution is 2.38. The zero-order chi connectivity index (χ0) is 21.8. The van der Waals surface area contributed by atoms with E-state index in [0.29, 0.717) is 32.8 Å². The molecule has 3 aromatic carbocycles. The molecule has 156 valence electrons. The maximum Gasteiger partial charge on any atom is 0.271 e. The molecule has 0 bridgehead atoms. The van der Waals surface area contributed by atoms with Gasteiger partial charge >= 0.3 is 0 Å². The number of carbonyl (C=O) groups is 1. The lowest BCUT2D eigenvalue weighted by molar-refractivity contribution is -0.113. The number of hydrogen-bond acceptors (Lipinski definition) is 5. The average Bonchev–Trinajstić information content (AvgIpc) is 3.09. The van der Waals surface area contributed by atoms with Crippen LogP contribution in [0.4, 0.5) is 15.8 Å². The Kier molecular flexibility index (Phi) is 6.04. The Hall–Kier alpha value is -3.58. The van der Waals surface area contributed by atoms with Gasteiger partial charge in [0.05, 0.1) is 30.5 Å². The number of halogens is 1. The van der Waals surface area contributed by atoms with E-state index in [0.717, 1.165) is 5.75 Å². The summed E-state index contributed by atoms with van der Waals surface area (Å²) in [5.41, 5.74) is 1.95. The summed E-state index contributed by atoms with van der Waals surface area (Å²) >= 11 is 1.24. The first-order valence-corrected chi connectivity index (χ1v) is 10.3. The lowest BCUT2D eigenvalue weighted by Crippen LogP contribution is -2.28. The van der Waals surface area contributed by atoms with Crippen LogP contribution in [-0.2, 0) is 4.79 Å². The van der Waals surface area contributed by atoms with Gasteiger partial charge in [-0.25, -0.2) is 9.38 Å². The van der Waals surface area contributed by atoms with Gasteiger partial charge in [-0.3, -0.25) is 9.69 Å². The van der Waals surface area contributed by atoms with Crippen molar-refractivity contribution in [2.45, 2.75) is 0 Å². The quantitative estimate of drug-likeness (QED) is 0.487. The number of methoxy groups -OCH3 is 2. The lowest BCUT2D eigenvalue weighted by atomic mass is 10.2.